The molecule has 0 aliphatic heterocycles. The molecule has 2 aromatic rings. The quantitative estimate of drug-likeness (QED) is 0.858. The molecule has 0 radical (unpaired) electrons. The SMILES string of the molecule is CCOC(=O)c1csc2ncnc(NC3CC3)c12. The van der Waals surface area contributed by atoms with E-state index in [0.717, 1.165) is 28.9 Å². The molecule has 1 aliphatic rings. The monoisotopic (exact) mass is 263 g/mol. The second-order valence-corrected chi connectivity index (χ2v) is 5.05. The first-order valence-corrected chi connectivity index (χ1v) is 6.83. The van der Waals surface area contributed by atoms with Gasteiger partial charge >= 0.3 is 5.97 Å². The lowest BCUT2D eigenvalue weighted by molar-refractivity contribution is 0.0529. The van der Waals surface area contributed by atoms with Crippen LogP contribution in [0.1, 0.15) is 30.1 Å². The third-order valence-electron chi connectivity index (χ3n) is 2.78. The summed E-state index contributed by atoms with van der Waals surface area (Å²) in [5.41, 5.74) is 0.556. The zero-order valence-corrected chi connectivity index (χ0v) is 10.8. The second-order valence-electron chi connectivity index (χ2n) is 4.19. The number of hydrogen-bond donors (Lipinski definition) is 1. The van der Waals surface area contributed by atoms with Crippen molar-refractivity contribution in [3.05, 3.63) is 17.3 Å². The van der Waals surface area contributed by atoms with Gasteiger partial charge in [-0.05, 0) is 19.8 Å². The molecule has 0 atom stereocenters. The van der Waals surface area contributed by atoms with Crippen LogP contribution < -0.4 is 5.32 Å². The van der Waals surface area contributed by atoms with Crippen molar-refractivity contribution in [2.24, 2.45) is 0 Å². The van der Waals surface area contributed by atoms with Crippen molar-refractivity contribution in [2.75, 3.05) is 11.9 Å². The third kappa shape index (κ3) is 2.03. The Morgan fingerprint density at radius 3 is 3.11 bits per heavy atom. The number of fused-ring (bicyclic) bond motifs is 1. The molecule has 6 heteroatoms. The first-order chi connectivity index (χ1) is 8.79. The Balaban J connectivity index is 2.05. The summed E-state index contributed by atoms with van der Waals surface area (Å²) < 4.78 is 5.05. The Hall–Kier alpha value is -1.69. The van der Waals surface area contributed by atoms with Crippen molar-refractivity contribution in [3.63, 3.8) is 0 Å². The van der Waals surface area contributed by atoms with E-state index < -0.39 is 0 Å². The maximum absolute atomic E-state index is 11.9. The average Bonchev–Trinajstić information content (AvgIpc) is 3.06. The van der Waals surface area contributed by atoms with E-state index >= 15 is 0 Å². The van der Waals surface area contributed by atoms with Crippen molar-refractivity contribution in [1.29, 1.82) is 0 Å². The molecule has 1 aliphatic carbocycles. The van der Waals surface area contributed by atoms with Gasteiger partial charge in [-0.25, -0.2) is 14.8 Å². The number of carbonyl (C=O) groups is 1. The number of carbonyl (C=O) groups excluding carboxylic acids is 1. The van der Waals surface area contributed by atoms with Crippen LogP contribution in [-0.4, -0.2) is 28.6 Å². The summed E-state index contributed by atoms with van der Waals surface area (Å²) in [5, 5.41) is 5.90. The fourth-order valence-electron chi connectivity index (χ4n) is 1.76. The summed E-state index contributed by atoms with van der Waals surface area (Å²) >= 11 is 1.44. The van der Waals surface area contributed by atoms with E-state index in [2.05, 4.69) is 15.3 Å². The van der Waals surface area contributed by atoms with Crippen LogP contribution >= 0.6 is 11.3 Å². The zero-order valence-electron chi connectivity index (χ0n) is 9.97. The highest BCUT2D eigenvalue weighted by molar-refractivity contribution is 7.17. The number of aromatic nitrogens is 2. The van der Waals surface area contributed by atoms with Crippen molar-refractivity contribution in [3.8, 4) is 0 Å². The third-order valence-corrected chi connectivity index (χ3v) is 3.67. The lowest BCUT2D eigenvalue weighted by atomic mass is 10.2. The summed E-state index contributed by atoms with van der Waals surface area (Å²) in [6.45, 7) is 2.17. The molecule has 0 spiro atoms. The van der Waals surface area contributed by atoms with Crippen LogP contribution in [0.15, 0.2) is 11.7 Å². The molecule has 3 rings (SSSR count). The lowest BCUT2D eigenvalue weighted by Gasteiger charge is -2.06. The molecule has 1 N–H and O–H groups in total. The van der Waals surface area contributed by atoms with Crippen LogP contribution in [0.25, 0.3) is 10.2 Å². The Kier molecular flexibility index (Phi) is 2.87. The Labute approximate surface area is 108 Å². The molecule has 2 heterocycles. The fraction of sp³-hybridized carbons (Fsp3) is 0.417. The van der Waals surface area contributed by atoms with E-state index in [9.17, 15) is 4.79 Å². The predicted octanol–water partition coefficient (Wildman–Crippen LogP) is 2.44. The molecule has 0 bridgehead atoms. The van der Waals surface area contributed by atoms with E-state index in [-0.39, 0.29) is 5.97 Å². The molecule has 0 saturated heterocycles. The number of esters is 1. The highest BCUT2D eigenvalue weighted by Gasteiger charge is 2.24. The number of hydrogen-bond acceptors (Lipinski definition) is 6. The van der Waals surface area contributed by atoms with E-state index in [1.54, 1.807) is 12.3 Å². The lowest BCUT2D eigenvalue weighted by Crippen LogP contribution is -2.07. The topological polar surface area (TPSA) is 64.1 Å². The first-order valence-electron chi connectivity index (χ1n) is 5.95. The predicted molar refractivity (Wildman–Crippen MR) is 70.0 cm³/mol. The summed E-state index contributed by atoms with van der Waals surface area (Å²) in [4.78, 5) is 21.1. The minimum atomic E-state index is -0.308. The van der Waals surface area contributed by atoms with Crippen LogP contribution in [0.3, 0.4) is 0 Å². The largest absolute Gasteiger partial charge is 0.462 e. The Bertz CT molecular complexity index is 592. The Morgan fingerprint density at radius 2 is 2.39 bits per heavy atom. The highest BCUT2D eigenvalue weighted by Crippen LogP contribution is 2.32. The van der Waals surface area contributed by atoms with Crippen LogP contribution in [0.2, 0.25) is 0 Å². The van der Waals surface area contributed by atoms with Crippen molar-refractivity contribution >= 4 is 33.3 Å². The van der Waals surface area contributed by atoms with Gasteiger partial charge in [0.25, 0.3) is 0 Å². The summed E-state index contributed by atoms with van der Waals surface area (Å²) in [5.74, 6) is 0.434. The van der Waals surface area contributed by atoms with Gasteiger partial charge in [0.2, 0.25) is 0 Å². The average molecular weight is 263 g/mol. The maximum atomic E-state index is 11.9. The molecule has 5 nitrogen and oxygen atoms in total. The molecule has 94 valence electrons. The fourth-order valence-corrected chi connectivity index (χ4v) is 2.64. The molecular weight excluding hydrogens is 250 g/mol. The molecule has 1 fully saturated rings. The number of anilines is 1. The molecule has 0 unspecified atom stereocenters. The minimum Gasteiger partial charge on any atom is -0.462 e. The molecule has 18 heavy (non-hydrogen) atoms. The van der Waals surface area contributed by atoms with E-state index in [0.29, 0.717) is 18.2 Å². The number of nitrogens with one attached hydrogen (secondary N) is 1. The van der Waals surface area contributed by atoms with Gasteiger partial charge in [-0.3, -0.25) is 0 Å². The van der Waals surface area contributed by atoms with E-state index in [4.69, 9.17) is 4.74 Å². The standard InChI is InChI=1S/C12H13N3O2S/c1-2-17-12(16)8-5-18-11-9(8)10(13-6-14-11)15-7-3-4-7/h5-7H,2-4H2,1H3,(H,13,14,15). The number of nitrogens with zero attached hydrogens (tertiary/aromatic N) is 2. The minimum absolute atomic E-state index is 0.308. The zero-order chi connectivity index (χ0) is 12.5. The maximum Gasteiger partial charge on any atom is 0.339 e. The van der Waals surface area contributed by atoms with Crippen LogP contribution in [-0.2, 0) is 4.74 Å². The molecule has 0 amide bonds. The van der Waals surface area contributed by atoms with E-state index in [1.807, 2.05) is 0 Å². The first kappa shape index (κ1) is 11.4. The summed E-state index contributed by atoms with van der Waals surface area (Å²) in [6, 6.07) is 0.484. The van der Waals surface area contributed by atoms with Crippen molar-refractivity contribution in [1.82, 2.24) is 9.97 Å². The molecule has 0 aromatic carbocycles. The van der Waals surface area contributed by atoms with Crippen LogP contribution in [0.4, 0.5) is 5.82 Å². The van der Waals surface area contributed by atoms with Gasteiger partial charge in [-0.15, -0.1) is 11.3 Å². The molecule has 1 saturated carbocycles. The van der Waals surface area contributed by atoms with Gasteiger partial charge in [0.05, 0.1) is 17.6 Å². The van der Waals surface area contributed by atoms with Crippen LogP contribution in [0.5, 0.6) is 0 Å². The Morgan fingerprint density at radius 1 is 1.56 bits per heavy atom. The number of rotatable bonds is 4. The smallest absolute Gasteiger partial charge is 0.339 e. The van der Waals surface area contributed by atoms with Gasteiger partial charge in [-0.1, -0.05) is 0 Å². The summed E-state index contributed by atoms with van der Waals surface area (Å²) in [6.07, 6.45) is 3.84. The van der Waals surface area contributed by atoms with Gasteiger partial charge in [-0.2, -0.15) is 0 Å². The van der Waals surface area contributed by atoms with Gasteiger partial charge < -0.3 is 10.1 Å². The highest BCUT2D eigenvalue weighted by atomic mass is 32.1. The second kappa shape index (κ2) is 4.53. The van der Waals surface area contributed by atoms with Gasteiger partial charge in [0, 0.05) is 11.4 Å². The summed E-state index contributed by atoms with van der Waals surface area (Å²) in [7, 11) is 0. The van der Waals surface area contributed by atoms with Crippen LogP contribution in [0, 0.1) is 0 Å². The normalized spacial score (nSPS) is 14.7. The molecule has 2 aromatic heterocycles. The van der Waals surface area contributed by atoms with Crippen molar-refractivity contribution in [2.45, 2.75) is 25.8 Å². The number of ether oxygens (including phenoxy) is 1. The molecular formula is C12H13N3O2S. The number of thiophene rings is 1. The van der Waals surface area contributed by atoms with Gasteiger partial charge in [0.1, 0.15) is 17.0 Å². The van der Waals surface area contributed by atoms with Crippen molar-refractivity contribution < 1.29 is 9.53 Å². The van der Waals surface area contributed by atoms with E-state index in [1.165, 1.54) is 17.7 Å². The van der Waals surface area contributed by atoms with Gasteiger partial charge in [0.15, 0.2) is 0 Å².